The molecule has 2 N–H and O–H groups in total. The first-order valence-electron chi connectivity index (χ1n) is 6.37. The maximum Gasteiger partial charge on any atom is 0.180 e. The lowest BCUT2D eigenvalue weighted by molar-refractivity contribution is 0.383. The zero-order valence-electron chi connectivity index (χ0n) is 12.2. The quantitative estimate of drug-likeness (QED) is 0.898. The van der Waals surface area contributed by atoms with Gasteiger partial charge in [-0.05, 0) is 52.3 Å². The van der Waals surface area contributed by atoms with Gasteiger partial charge in [0.25, 0.3) is 0 Å². The summed E-state index contributed by atoms with van der Waals surface area (Å²) in [4.78, 5) is 4.24. The van der Waals surface area contributed by atoms with Crippen LogP contribution < -0.4 is 5.73 Å². The second-order valence-electron chi connectivity index (χ2n) is 5.78. The normalized spacial score (nSPS) is 12.5. The molecule has 2 heterocycles. The Labute approximate surface area is 118 Å². The fraction of sp³-hybridized carbons (Fsp3) is 0.400. The van der Waals surface area contributed by atoms with Crippen LogP contribution in [0.25, 0.3) is 12.2 Å². The molecule has 0 unspecified atom stereocenters. The summed E-state index contributed by atoms with van der Waals surface area (Å²) in [6.07, 6.45) is 4.13. The number of nitrogen functional groups attached to an aromatic ring is 1. The summed E-state index contributed by atoms with van der Waals surface area (Å²) in [5, 5.41) is 2.58. The second kappa shape index (κ2) is 4.85. The molecule has 4 heteroatoms. The highest BCUT2D eigenvalue weighted by Gasteiger charge is 2.18. The van der Waals surface area contributed by atoms with Crippen LogP contribution in [0.4, 0.5) is 5.13 Å². The predicted octanol–water partition coefficient (Wildman–Crippen LogP) is 4.07. The molecule has 0 amide bonds. The van der Waals surface area contributed by atoms with Crippen LogP contribution in [0.1, 0.15) is 43.4 Å². The van der Waals surface area contributed by atoms with Crippen LogP contribution in [-0.4, -0.2) is 9.55 Å². The van der Waals surface area contributed by atoms with E-state index in [4.69, 9.17) is 5.73 Å². The van der Waals surface area contributed by atoms with Crippen molar-refractivity contribution < 1.29 is 0 Å². The Hall–Kier alpha value is -1.55. The summed E-state index contributed by atoms with van der Waals surface area (Å²) >= 11 is 1.47. The van der Waals surface area contributed by atoms with Gasteiger partial charge in [0.2, 0.25) is 0 Å². The number of nitrogens with zero attached hydrogens (tertiary/aromatic N) is 2. The summed E-state index contributed by atoms with van der Waals surface area (Å²) in [5.41, 5.74) is 10.5. The van der Waals surface area contributed by atoms with Gasteiger partial charge in [0.1, 0.15) is 0 Å². The van der Waals surface area contributed by atoms with Crippen molar-refractivity contribution in [1.29, 1.82) is 0 Å². The molecule has 0 fully saturated rings. The standard InChI is InChI=1S/C15H21N3S/c1-10-8-12(11(2)18(10)15(3,4)5)6-7-13-9-19-14(16)17-13/h6-9H,1-5H3,(H2,16,17)/b7-6+. The van der Waals surface area contributed by atoms with Crippen molar-refractivity contribution in [2.45, 2.75) is 40.2 Å². The van der Waals surface area contributed by atoms with Crippen molar-refractivity contribution in [2.75, 3.05) is 5.73 Å². The maximum atomic E-state index is 5.63. The van der Waals surface area contributed by atoms with E-state index in [1.807, 2.05) is 11.5 Å². The molecule has 2 aromatic heterocycles. The van der Waals surface area contributed by atoms with Gasteiger partial charge in [0.05, 0.1) is 5.69 Å². The number of aromatic nitrogens is 2. The molecule has 19 heavy (non-hydrogen) atoms. The highest BCUT2D eigenvalue weighted by Crippen LogP contribution is 2.25. The third kappa shape index (κ3) is 2.89. The van der Waals surface area contributed by atoms with E-state index in [-0.39, 0.29) is 5.54 Å². The molecule has 0 bridgehead atoms. The second-order valence-corrected chi connectivity index (χ2v) is 6.67. The first-order chi connectivity index (χ1) is 8.79. The van der Waals surface area contributed by atoms with Gasteiger partial charge in [-0.2, -0.15) is 0 Å². The third-order valence-electron chi connectivity index (χ3n) is 3.11. The van der Waals surface area contributed by atoms with E-state index in [1.165, 1.54) is 28.3 Å². The topological polar surface area (TPSA) is 43.8 Å². The van der Waals surface area contributed by atoms with Crippen LogP contribution in [0.2, 0.25) is 0 Å². The molecule has 2 rings (SSSR count). The van der Waals surface area contributed by atoms with E-state index in [2.05, 4.69) is 56.3 Å². The Morgan fingerprint density at radius 1 is 1.26 bits per heavy atom. The molecule has 0 aliphatic carbocycles. The van der Waals surface area contributed by atoms with Crippen LogP contribution in [0.3, 0.4) is 0 Å². The fourth-order valence-electron chi connectivity index (χ4n) is 2.54. The highest BCUT2D eigenvalue weighted by molar-refractivity contribution is 7.13. The SMILES string of the molecule is Cc1cc(/C=C/c2csc(N)n2)c(C)n1C(C)(C)C. The zero-order chi connectivity index (χ0) is 14.2. The smallest absolute Gasteiger partial charge is 0.180 e. The molecule has 102 valence electrons. The Balaban J connectivity index is 2.35. The van der Waals surface area contributed by atoms with Crippen LogP contribution in [0.5, 0.6) is 0 Å². The molecule has 0 spiro atoms. The number of aryl methyl sites for hydroxylation is 1. The molecule has 2 aromatic rings. The number of thiazole rings is 1. The minimum atomic E-state index is 0.102. The Kier molecular flexibility index (Phi) is 3.54. The van der Waals surface area contributed by atoms with Gasteiger partial charge >= 0.3 is 0 Å². The van der Waals surface area contributed by atoms with Crippen molar-refractivity contribution in [3.8, 4) is 0 Å². The lowest BCUT2D eigenvalue weighted by Gasteiger charge is -2.25. The molecule has 0 atom stereocenters. The van der Waals surface area contributed by atoms with Gasteiger partial charge in [-0.1, -0.05) is 6.08 Å². The van der Waals surface area contributed by atoms with E-state index in [9.17, 15) is 0 Å². The zero-order valence-corrected chi connectivity index (χ0v) is 13.0. The Morgan fingerprint density at radius 2 is 1.95 bits per heavy atom. The molecule has 0 aliphatic rings. The van der Waals surface area contributed by atoms with Crippen LogP contribution in [-0.2, 0) is 5.54 Å². The number of hydrogen-bond donors (Lipinski definition) is 1. The molecule has 0 radical (unpaired) electrons. The van der Waals surface area contributed by atoms with Gasteiger partial charge in [-0.25, -0.2) is 4.98 Å². The largest absolute Gasteiger partial charge is 0.375 e. The average molecular weight is 275 g/mol. The van der Waals surface area contributed by atoms with E-state index < -0.39 is 0 Å². The number of anilines is 1. The molecule has 0 aromatic carbocycles. The average Bonchev–Trinajstić information content (AvgIpc) is 2.79. The summed E-state index contributed by atoms with van der Waals surface area (Å²) in [5.74, 6) is 0. The van der Waals surface area contributed by atoms with Crippen molar-refractivity contribution in [1.82, 2.24) is 9.55 Å². The van der Waals surface area contributed by atoms with E-state index in [0.29, 0.717) is 5.13 Å². The molecule has 0 aliphatic heterocycles. The Morgan fingerprint density at radius 3 is 2.42 bits per heavy atom. The van der Waals surface area contributed by atoms with Gasteiger partial charge < -0.3 is 10.3 Å². The molecular formula is C15H21N3S. The van der Waals surface area contributed by atoms with Gasteiger partial charge in [-0.3, -0.25) is 0 Å². The van der Waals surface area contributed by atoms with Crippen molar-refractivity contribution in [3.63, 3.8) is 0 Å². The van der Waals surface area contributed by atoms with E-state index in [0.717, 1.165) is 5.69 Å². The monoisotopic (exact) mass is 275 g/mol. The lowest BCUT2D eigenvalue weighted by Crippen LogP contribution is -2.24. The highest BCUT2D eigenvalue weighted by atomic mass is 32.1. The molecule has 0 saturated carbocycles. The van der Waals surface area contributed by atoms with Gasteiger partial charge in [0, 0.05) is 22.3 Å². The van der Waals surface area contributed by atoms with E-state index >= 15 is 0 Å². The van der Waals surface area contributed by atoms with Crippen molar-refractivity contribution in [2.24, 2.45) is 0 Å². The summed E-state index contributed by atoms with van der Waals surface area (Å²) in [7, 11) is 0. The van der Waals surface area contributed by atoms with Crippen LogP contribution in [0.15, 0.2) is 11.4 Å². The van der Waals surface area contributed by atoms with Gasteiger partial charge in [-0.15, -0.1) is 11.3 Å². The molecule has 3 nitrogen and oxygen atoms in total. The maximum absolute atomic E-state index is 5.63. The number of nitrogens with two attached hydrogens (primary N) is 1. The molecular weight excluding hydrogens is 254 g/mol. The van der Waals surface area contributed by atoms with Crippen LogP contribution in [0, 0.1) is 13.8 Å². The Bertz CT molecular complexity index is 612. The lowest BCUT2D eigenvalue weighted by atomic mass is 10.1. The minimum absolute atomic E-state index is 0.102. The van der Waals surface area contributed by atoms with E-state index in [1.54, 1.807) is 0 Å². The molecule has 0 saturated heterocycles. The number of rotatable bonds is 2. The summed E-state index contributed by atoms with van der Waals surface area (Å²) < 4.78 is 2.36. The van der Waals surface area contributed by atoms with Crippen molar-refractivity contribution in [3.05, 3.63) is 34.1 Å². The fourth-order valence-corrected chi connectivity index (χ4v) is 3.07. The predicted molar refractivity (Wildman–Crippen MR) is 84.4 cm³/mol. The van der Waals surface area contributed by atoms with Gasteiger partial charge in [0.15, 0.2) is 5.13 Å². The minimum Gasteiger partial charge on any atom is -0.375 e. The first-order valence-corrected chi connectivity index (χ1v) is 7.25. The van der Waals surface area contributed by atoms with Crippen molar-refractivity contribution >= 4 is 28.6 Å². The van der Waals surface area contributed by atoms with Crippen LogP contribution >= 0.6 is 11.3 Å². The summed E-state index contributed by atoms with van der Waals surface area (Å²) in [6.45, 7) is 11.0. The summed E-state index contributed by atoms with van der Waals surface area (Å²) in [6, 6.07) is 2.22. The number of hydrogen-bond acceptors (Lipinski definition) is 3. The first kappa shape index (κ1) is 13.9. The third-order valence-corrected chi connectivity index (χ3v) is 3.81.